The predicted molar refractivity (Wildman–Crippen MR) is 302 cm³/mol. The summed E-state index contributed by atoms with van der Waals surface area (Å²) in [5, 5.41) is 0. The van der Waals surface area contributed by atoms with Crippen molar-refractivity contribution >= 4 is 17.9 Å². The lowest BCUT2D eigenvalue weighted by molar-refractivity contribution is -0.167. The number of unbranched alkanes of at least 4 members (excludes halogenated alkanes) is 31. The molecule has 70 heavy (non-hydrogen) atoms. The molecule has 0 aliphatic heterocycles. The van der Waals surface area contributed by atoms with Crippen LogP contribution >= 0.6 is 0 Å². The fraction of sp³-hybridized carbons (Fsp3) is 0.766. The fourth-order valence-electron chi connectivity index (χ4n) is 8.36. The van der Waals surface area contributed by atoms with Gasteiger partial charge in [0.15, 0.2) is 6.10 Å². The highest BCUT2D eigenvalue weighted by Gasteiger charge is 2.19. The third-order valence-electron chi connectivity index (χ3n) is 12.9. The summed E-state index contributed by atoms with van der Waals surface area (Å²) in [5.74, 6) is -0.900. The van der Waals surface area contributed by atoms with Gasteiger partial charge in [0.2, 0.25) is 0 Å². The summed E-state index contributed by atoms with van der Waals surface area (Å²) in [7, 11) is 0. The van der Waals surface area contributed by atoms with Crippen molar-refractivity contribution < 1.29 is 28.6 Å². The average Bonchev–Trinajstić information content (AvgIpc) is 3.36. The molecule has 6 heteroatoms. The van der Waals surface area contributed by atoms with Gasteiger partial charge in [0.25, 0.3) is 0 Å². The number of hydrogen-bond donors (Lipinski definition) is 0. The van der Waals surface area contributed by atoms with E-state index >= 15 is 0 Å². The average molecular weight is 978 g/mol. The minimum Gasteiger partial charge on any atom is -0.462 e. The monoisotopic (exact) mass is 977 g/mol. The van der Waals surface area contributed by atoms with Crippen LogP contribution in [0.25, 0.3) is 0 Å². The molecule has 0 N–H and O–H groups in total. The summed E-state index contributed by atoms with van der Waals surface area (Å²) in [6.07, 6.45) is 74.5. The molecule has 0 fully saturated rings. The quantitative estimate of drug-likeness (QED) is 0.0261. The predicted octanol–water partition coefficient (Wildman–Crippen LogP) is 20.2. The minimum absolute atomic E-state index is 0.0848. The van der Waals surface area contributed by atoms with E-state index in [1.165, 1.54) is 161 Å². The molecule has 6 nitrogen and oxygen atoms in total. The number of rotatable bonds is 54. The molecule has 0 aromatic carbocycles. The number of esters is 3. The molecule has 0 bridgehead atoms. The van der Waals surface area contributed by atoms with E-state index in [0.29, 0.717) is 19.3 Å². The van der Waals surface area contributed by atoms with Crippen molar-refractivity contribution in [1.29, 1.82) is 0 Å². The van der Waals surface area contributed by atoms with Gasteiger partial charge in [0.1, 0.15) is 13.2 Å². The second-order valence-electron chi connectivity index (χ2n) is 19.9. The Hall–Kier alpha value is -3.15. The molecule has 0 radical (unpaired) electrons. The molecule has 0 amide bonds. The number of ether oxygens (including phenoxy) is 3. The maximum Gasteiger partial charge on any atom is 0.306 e. The Kier molecular flexibility index (Phi) is 55.8. The van der Waals surface area contributed by atoms with Gasteiger partial charge < -0.3 is 14.2 Å². The first-order valence-corrected chi connectivity index (χ1v) is 29.9. The molecular formula is C64H112O6. The van der Waals surface area contributed by atoms with Crippen LogP contribution in [0.4, 0.5) is 0 Å². The highest BCUT2D eigenvalue weighted by atomic mass is 16.6. The maximum atomic E-state index is 12.9. The van der Waals surface area contributed by atoms with E-state index in [1.807, 2.05) is 0 Å². The van der Waals surface area contributed by atoms with E-state index in [1.54, 1.807) is 0 Å². The SMILES string of the molecule is CCCCC/C=C\C/C=C\CCCCCCCCCCCC(=O)OCC(COC(=O)CCCCCCC/C=C\C/C=C\CCCCCC)OC(=O)CCCCCCCCC/C=C\C/C=C\CCCCC. The van der Waals surface area contributed by atoms with Crippen LogP contribution in [-0.2, 0) is 28.6 Å². The smallest absolute Gasteiger partial charge is 0.306 e. The lowest BCUT2D eigenvalue weighted by atomic mass is 10.1. The van der Waals surface area contributed by atoms with E-state index in [2.05, 4.69) is 93.7 Å². The molecule has 1 unspecified atom stereocenters. The largest absolute Gasteiger partial charge is 0.462 e. The Balaban J connectivity index is 4.41. The van der Waals surface area contributed by atoms with Crippen LogP contribution in [0.3, 0.4) is 0 Å². The van der Waals surface area contributed by atoms with Crippen molar-refractivity contribution in [3.8, 4) is 0 Å². The summed E-state index contributed by atoms with van der Waals surface area (Å²) < 4.78 is 16.9. The van der Waals surface area contributed by atoms with Gasteiger partial charge in [-0.15, -0.1) is 0 Å². The van der Waals surface area contributed by atoms with E-state index in [4.69, 9.17) is 14.2 Å². The lowest BCUT2D eigenvalue weighted by Gasteiger charge is -2.18. The van der Waals surface area contributed by atoms with Gasteiger partial charge in [0.05, 0.1) is 0 Å². The lowest BCUT2D eigenvalue weighted by Crippen LogP contribution is -2.30. The van der Waals surface area contributed by atoms with Crippen molar-refractivity contribution in [1.82, 2.24) is 0 Å². The first-order chi connectivity index (χ1) is 34.5. The van der Waals surface area contributed by atoms with Crippen molar-refractivity contribution in [3.63, 3.8) is 0 Å². The zero-order valence-electron chi connectivity index (χ0n) is 46.3. The van der Waals surface area contributed by atoms with Gasteiger partial charge >= 0.3 is 17.9 Å². The molecule has 0 aliphatic carbocycles. The highest BCUT2D eigenvalue weighted by Crippen LogP contribution is 2.15. The van der Waals surface area contributed by atoms with Crippen LogP contribution in [0.15, 0.2) is 72.9 Å². The van der Waals surface area contributed by atoms with Crippen LogP contribution in [-0.4, -0.2) is 37.2 Å². The van der Waals surface area contributed by atoms with Gasteiger partial charge in [0, 0.05) is 19.3 Å². The molecule has 0 aliphatic rings. The number of hydrogen-bond acceptors (Lipinski definition) is 6. The molecule has 0 aromatic heterocycles. The number of carbonyl (C=O) groups is 3. The summed E-state index contributed by atoms with van der Waals surface area (Å²) >= 11 is 0. The molecular weight excluding hydrogens is 865 g/mol. The molecule has 0 rings (SSSR count). The van der Waals surface area contributed by atoms with E-state index in [0.717, 1.165) is 96.3 Å². The zero-order chi connectivity index (χ0) is 50.7. The molecule has 404 valence electrons. The number of allylic oxidation sites excluding steroid dienone is 12. The Morgan fingerprint density at radius 3 is 0.814 bits per heavy atom. The molecule has 0 aromatic rings. The van der Waals surface area contributed by atoms with Crippen LogP contribution in [0.2, 0.25) is 0 Å². The minimum atomic E-state index is -0.788. The molecule has 0 heterocycles. The van der Waals surface area contributed by atoms with Crippen molar-refractivity contribution in [3.05, 3.63) is 72.9 Å². The molecule has 0 saturated heterocycles. The molecule has 0 spiro atoms. The normalized spacial score (nSPS) is 12.6. The van der Waals surface area contributed by atoms with Gasteiger partial charge in [-0.25, -0.2) is 0 Å². The third kappa shape index (κ3) is 55.8. The second kappa shape index (κ2) is 58.4. The standard InChI is InChI=1S/C64H112O6/c1-4-7-10-13-16-19-22-25-28-31-32-34-36-39-42-45-48-51-54-57-63(66)69-60-61(59-68-62(65)56-53-50-47-44-41-38-35-30-27-24-21-18-15-12-9-6-3)70-64(67)58-55-52-49-46-43-40-37-33-29-26-23-20-17-14-11-8-5-2/h16-17,19-21,24-26,28-30,35,61H,4-15,18,22-23,27,31-34,36-60H2,1-3H3/b19-16-,20-17-,24-21-,28-25-,29-26-,35-30-. The van der Waals surface area contributed by atoms with Gasteiger partial charge in [-0.05, 0) is 116 Å². The van der Waals surface area contributed by atoms with Crippen LogP contribution in [0, 0.1) is 0 Å². The van der Waals surface area contributed by atoms with Crippen LogP contribution in [0.1, 0.15) is 297 Å². The Morgan fingerprint density at radius 1 is 0.286 bits per heavy atom. The molecule has 1 atom stereocenters. The fourth-order valence-corrected chi connectivity index (χ4v) is 8.36. The van der Waals surface area contributed by atoms with Crippen molar-refractivity contribution in [2.24, 2.45) is 0 Å². The summed E-state index contributed by atoms with van der Waals surface area (Å²) in [6, 6.07) is 0. The topological polar surface area (TPSA) is 78.9 Å². The van der Waals surface area contributed by atoms with Crippen LogP contribution in [0.5, 0.6) is 0 Å². The van der Waals surface area contributed by atoms with Crippen LogP contribution < -0.4 is 0 Å². The van der Waals surface area contributed by atoms with E-state index in [-0.39, 0.29) is 31.1 Å². The zero-order valence-corrected chi connectivity index (χ0v) is 46.3. The summed E-state index contributed by atoms with van der Waals surface area (Å²) in [4.78, 5) is 38.2. The van der Waals surface area contributed by atoms with Gasteiger partial charge in [-0.1, -0.05) is 235 Å². The first-order valence-electron chi connectivity index (χ1n) is 29.9. The Labute approximate surface area is 433 Å². The Morgan fingerprint density at radius 2 is 0.514 bits per heavy atom. The number of carbonyl (C=O) groups excluding carboxylic acids is 3. The van der Waals surface area contributed by atoms with Crippen molar-refractivity contribution in [2.45, 2.75) is 303 Å². The summed E-state index contributed by atoms with van der Waals surface area (Å²) in [5.41, 5.74) is 0. The van der Waals surface area contributed by atoms with E-state index < -0.39 is 6.10 Å². The van der Waals surface area contributed by atoms with Gasteiger partial charge in [-0.2, -0.15) is 0 Å². The summed E-state index contributed by atoms with van der Waals surface area (Å²) in [6.45, 7) is 6.58. The maximum absolute atomic E-state index is 12.9. The van der Waals surface area contributed by atoms with Crippen molar-refractivity contribution in [2.75, 3.05) is 13.2 Å². The third-order valence-corrected chi connectivity index (χ3v) is 12.9. The first kappa shape index (κ1) is 66.9. The van der Waals surface area contributed by atoms with E-state index in [9.17, 15) is 14.4 Å². The highest BCUT2D eigenvalue weighted by molar-refractivity contribution is 5.71. The second-order valence-corrected chi connectivity index (χ2v) is 19.9. The Bertz CT molecular complexity index is 1310. The van der Waals surface area contributed by atoms with Gasteiger partial charge in [-0.3, -0.25) is 14.4 Å². The molecule has 0 saturated carbocycles.